The van der Waals surface area contributed by atoms with E-state index in [1.807, 2.05) is 34.9 Å². The lowest BCUT2D eigenvalue weighted by Gasteiger charge is -2.22. The predicted molar refractivity (Wildman–Crippen MR) is 75.9 cm³/mol. The summed E-state index contributed by atoms with van der Waals surface area (Å²) in [6.07, 6.45) is 1.98. The van der Waals surface area contributed by atoms with E-state index in [1.54, 1.807) is 0 Å². The second-order valence-corrected chi connectivity index (χ2v) is 5.47. The Morgan fingerprint density at radius 3 is 2.85 bits per heavy atom. The van der Waals surface area contributed by atoms with Gasteiger partial charge in [-0.3, -0.25) is 4.79 Å². The maximum Gasteiger partial charge on any atom is 0.308 e. The van der Waals surface area contributed by atoms with Crippen molar-refractivity contribution in [3.05, 3.63) is 52.6 Å². The van der Waals surface area contributed by atoms with Crippen LogP contribution < -0.4 is 0 Å². The van der Waals surface area contributed by atoms with Crippen LogP contribution in [0.5, 0.6) is 0 Å². The van der Waals surface area contributed by atoms with E-state index < -0.39 is 5.97 Å². The summed E-state index contributed by atoms with van der Waals surface area (Å²) in [6, 6.07) is 10.0. The SMILES string of the molecule is O=C(O)C1CCc2c(Cl)nc(Cc3ccccc3)n2C1. The molecular weight excluding hydrogens is 276 g/mol. The van der Waals surface area contributed by atoms with Crippen molar-refractivity contribution >= 4 is 17.6 Å². The summed E-state index contributed by atoms with van der Waals surface area (Å²) in [7, 11) is 0. The highest BCUT2D eigenvalue weighted by molar-refractivity contribution is 6.30. The first kappa shape index (κ1) is 13.2. The second-order valence-electron chi connectivity index (χ2n) is 5.11. The number of nitrogens with zero attached hydrogens (tertiary/aromatic N) is 2. The number of rotatable bonds is 3. The van der Waals surface area contributed by atoms with Gasteiger partial charge in [0, 0.05) is 13.0 Å². The van der Waals surface area contributed by atoms with Crippen LogP contribution in [-0.4, -0.2) is 20.6 Å². The summed E-state index contributed by atoms with van der Waals surface area (Å²) < 4.78 is 1.98. The number of hydrogen-bond donors (Lipinski definition) is 1. The molecular formula is C15H15ClN2O2. The van der Waals surface area contributed by atoms with E-state index in [-0.39, 0.29) is 5.92 Å². The maximum absolute atomic E-state index is 11.2. The van der Waals surface area contributed by atoms with E-state index in [2.05, 4.69) is 4.98 Å². The van der Waals surface area contributed by atoms with Crippen LogP contribution in [0, 0.1) is 5.92 Å². The van der Waals surface area contributed by atoms with Gasteiger partial charge < -0.3 is 9.67 Å². The molecule has 0 saturated heterocycles. The van der Waals surface area contributed by atoms with E-state index in [1.165, 1.54) is 0 Å². The van der Waals surface area contributed by atoms with Gasteiger partial charge in [-0.1, -0.05) is 41.9 Å². The number of hydrogen-bond acceptors (Lipinski definition) is 2. The molecule has 5 heteroatoms. The van der Waals surface area contributed by atoms with E-state index >= 15 is 0 Å². The Bertz CT molecular complexity index is 637. The van der Waals surface area contributed by atoms with Gasteiger partial charge in [0.2, 0.25) is 0 Å². The molecule has 0 fully saturated rings. The Labute approximate surface area is 122 Å². The summed E-state index contributed by atoms with van der Waals surface area (Å²) in [4.78, 5) is 15.6. The van der Waals surface area contributed by atoms with Crippen molar-refractivity contribution in [1.82, 2.24) is 9.55 Å². The highest BCUT2D eigenvalue weighted by atomic mass is 35.5. The molecule has 0 saturated carbocycles. The van der Waals surface area contributed by atoms with Crippen molar-refractivity contribution in [2.24, 2.45) is 5.92 Å². The van der Waals surface area contributed by atoms with E-state index in [0.29, 0.717) is 31.0 Å². The normalized spacial score (nSPS) is 17.8. The first-order chi connectivity index (χ1) is 9.65. The standard InChI is InChI=1S/C15H15ClN2O2/c16-14-12-7-6-11(15(19)20)9-18(12)13(17-14)8-10-4-2-1-3-5-10/h1-5,11H,6-9H2,(H,19,20). The molecule has 4 nitrogen and oxygen atoms in total. The smallest absolute Gasteiger partial charge is 0.308 e. The second kappa shape index (κ2) is 5.29. The third kappa shape index (κ3) is 2.43. The number of imidazole rings is 1. The van der Waals surface area contributed by atoms with Crippen LogP contribution >= 0.6 is 11.6 Å². The molecule has 1 aromatic heterocycles. The van der Waals surface area contributed by atoms with Gasteiger partial charge >= 0.3 is 5.97 Å². The average Bonchev–Trinajstić information content (AvgIpc) is 2.76. The molecule has 0 spiro atoms. The molecule has 1 aromatic carbocycles. The number of carbonyl (C=O) groups is 1. The Hall–Kier alpha value is -1.81. The van der Waals surface area contributed by atoms with Crippen LogP contribution in [-0.2, 0) is 24.2 Å². The fourth-order valence-corrected chi connectivity index (χ4v) is 2.99. The zero-order valence-electron chi connectivity index (χ0n) is 10.9. The van der Waals surface area contributed by atoms with Gasteiger partial charge in [0.1, 0.15) is 5.82 Å². The fraction of sp³-hybridized carbons (Fsp3) is 0.333. The summed E-state index contributed by atoms with van der Waals surface area (Å²) in [5.41, 5.74) is 2.12. The lowest BCUT2D eigenvalue weighted by Crippen LogP contribution is -2.27. The van der Waals surface area contributed by atoms with E-state index in [0.717, 1.165) is 17.1 Å². The lowest BCUT2D eigenvalue weighted by molar-refractivity contribution is -0.142. The van der Waals surface area contributed by atoms with Crippen LogP contribution in [0.4, 0.5) is 0 Å². The van der Waals surface area contributed by atoms with Crippen LogP contribution in [0.3, 0.4) is 0 Å². The number of benzene rings is 1. The number of aromatic nitrogens is 2. The topological polar surface area (TPSA) is 55.1 Å². The zero-order chi connectivity index (χ0) is 14.1. The van der Waals surface area contributed by atoms with Crippen LogP contribution in [0.25, 0.3) is 0 Å². The molecule has 20 heavy (non-hydrogen) atoms. The molecule has 1 unspecified atom stereocenters. The van der Waals surface area contributed by atoms with Gasteiger partial charge in [-0.15, -0.1) is 0 Å². The van der Waals surface area contributed by atoms with Crippen molar-refractivity contribution in [1.29, 1.82) is 0 Å². The zero-order valence-corrected chi connectivity index (χ0v) is 11.7. The van der Waals surface area contributed by atoms with Crippen LogP contribution in [0.1, 0.15) is 23.5 Å². The molecule has 1 atom stereocenters. The Morgan fingerprint density at radius 2 is 2.15 bits per heavy atom. The molecule has 0 aliphatic carbocycles. The van der Waals surface area contributed by atoms with Crippen molar-refractivity contribution in [3.63, 3.8) is 0 Å². The summed E-state index contributed by atoms with van der Waals surface area (Å²) >= 11 is 6.18. The lowest BCUT2D eigenvalue weighted by atomic mass is 9.98. The van der Waals surface area contributed by atoms with Crippen molar-refractivity contribution in [3.8, 4) is 0 Å². The number of aliphatic carboxylic acids is 1. The highest BCUT2D eigenvalue weighted by Crippen LogP contribution is 2.28. The summed E-state index contributed by atoms with van der Waals surface area (Å²) in [6.45, 7) is 0.465. The van der Waals surface area contributed by atoms with Crippen LogP contribution in [0.2, 0.25) is 5.15 Å². The largest absolute Gasteiger partial charge is 0.481 e. The molecule has 104 valence electrons. The molecule has 2 heterocycles. The molecule has 3 rings (SSSR count). The van der Waals surface area contributed by atoms with E-state index in [9.17, 15) is 9.90 Å². The van der Waals surface area contributed by atoms with Gasteiger partial charge in [-0.05, 0) is 18.4 Å². The monoisotopic (exact) mass is 290 g/mol. The minimum absolute atomic E-state index is 0.345. The number of halogens is 1. The number of carboxylic acid groups (broad SMARTS) is 1. The van der Waals surface area contributed by atoms with Gasteiger partial charge in [-0.25, -0.2) is 4.98 Å². The predicted octanol–water partition coefficient (Wildman–Crippen LogP) is 2.77. The molecule has 0 bridgehead atoms. The molecule has 1 aliphatic heterocycles. The first-order valence-corrected chi connectivity index (χ1v) is 7.03. The molecule has 1 aliphatic rings. The minimum Gasteiger partial charge on any atom is -0.481 e. The average molecular weight is 291 g/mol. The van der Waals surface area contributed by atoms with Gasteiger partial charge in [-0.2, -0.15) is 0 Å². The third-order valence-corrected chi connectivity index (χ3v) is 4.09. The highest BCUT2D eigenvalue weighted by Gasteiger charge is 2.28. The molecule has 0 radical (unpaired) electrons. The molecule has 2 aromatic rings. The molecule has 0 amide bonds. The Kier molecular flexibility index (Phi) is 3.49. The van der Waals surface area contributed by atoms with Gasteiger partial charge in [0.05, 0.1) is 11.6 Å². The number of fused-ring (bicyclic) bond motifs is 1. The third-order valence-electron chi connectivity index (χ3n) is 3.79. The van der Waals surface area contributed by atoms with Crippen molar-refractivity contribution < 1.29 is 9.90 Å². The summed E-state index contributed by atoms with van der Waals surface area (Å²) in [5, 5.41) is 9.70. The van der Waals surface area contributed by atoms with Crippen LogP contribution in [0.15, 0.2) is 30.3 Å². The Balaban J connectivity index is 1.92. The fourth-order valence-electron chi connectivity index (χ4n) is 2.70. The first-order valence-electron chi connectivity index (χ1n) is 6.65. The quantitative estimate of drug-likeness (QED) is 0.946. The minimum atomic E-state index is -0.744. The van der Waals surface area contributed by atoms with Gasteiger partial charge in [0.25, 0.3) is 0 Å². The van der Waals surface area contributed by atoms with Crippen molar-refractivity contribution in [2.45, 2.75) is 25.8 Å². The maximum atomic E-state index is 11.2. The number of carboxylic acids is 1. The molecule has 1 N–H and O–H groups in total. The Morgan fingerprint density at radius 1 is 1.40 bits per heavy atom. The summed E-state index contributed by atoms with van der Waals surface area (Å²) in [5.74, 6) is -0.240. The van der Waals surface area contributed by atoms with E-state index in [4.69, 9.17) is 11.6 Å². The van der Waals surface area contributed by atoms with Gasteiger partial charge in [0.15, 0.2) is 5.15 Å². The van der Waals surface area contributed by atoms with Crippen molar-refractivity contribution in [2.75, 3.05) is 0 Å².